The normalized spacial score (nSPS) is 21.9. The molecule has 2 nitrogen and oxygen atoms in total. The summed E-state index contributed by atoms with van der Waals surface area (Å²) < 4.78 is 6.87. The number of aryl methyl sites for hydroxylation is 1. The molecule has 16 heavy (non-hydrogen) atoms. The zero-order valence-electron chi connectivity index (χ0n) is 9.29. The summed E-state index contributed by atoms with van der Waals surface area (Å²) in [6, 6.07) is 4.10. The zero-order valence-corrected chi connectivity index (χ0v) is 10.9. The van der Waals surface area contributed by atoms with Gasteiger partial charge in [-0.05, 0) is 66.2 Å². The second-order valence-corrected chi connectivity index (χ2v) is 5.83. The number of benzene rings is 1. The van der Waals surface area contributed by atoms with Gasteiger partial charge in [0.05, 0.1) is 16.2 Å². The summed E-state index contributed by atoms with van der Waals surface area (Å²) in [6.07, 6.45) is 4.34. The molecule has 1 aromatic carbocycles. The number of aliphatic hydroxyl groups is 1. The summed E-state index contributed by atoms with van der Waals surface area (Å²) in [7, 11) is 0. The van der Waals surface area contributed by atoms with Crippen LogP contribution in [-0.4, -0.2) is 11.2 Å². The molecule has 0 aromatic heterocycles. The number of halogens is 1. The van der Waals surface area contributed by atoms with Gasteiger partial charge in [-0.1, -0.05) is 0 Å². The molecule has 3 rings (SSSR count). The predicted octanol–water partition coefficient (Wildman–Crippen LogP) is 3.28. The van der Waals surface area contributed by atoms with Crippen LogP contribution in [0, 0.1) is 6.92 Å². The Kier molecular flexibility index (Phi) is 2.30. The number of rotatable bonds is 3. The van der Waals surface area contributed by atoms with E-state index in [0.29, 0.717) is 6.10 Å². The van der Waals surface area contributed by atoms with E-state index in [1.807, 2.05) is 13.0 Å². The van der Waals surface area contributed by atoms with Crippen molar-refractivity contribution in [3.8, 4) is 5.75 Å². The Labute approximate surface area is 104 Å². The lowest BCUT2D eigenvalue weighted by Gasteiger charge is -2.17. The highest BCUT2D eigenvalue weighted by Crippen LogP contribution is 2.51. The van der Waals surface area contributed by atoms with Gasteiger partial charge in [0.25, 0.3) is 0 Å². The minimum Gasteiger partial charge on any atom is -0.489 e. The lowest BCUT2D eigenvalue weighted by molar-refractivity contribution is 0.144. The maximum absolute atomic E-state index is 10.3. The van der Waals surface area contributed by atoms with Crippen LogP contribution in [0.2, 0.25) is 0 Å². The first-order valence-electron chi connectivity index (χ1n) is 5.78. The van der Waals surface area contributed by atoms with Gasteiger partial charge in [-0.15, -0.1) is 0 Å². The van der Waals surface area contributed by atoms with Gasteiger partial charge in [0.2, 0.25) is 0 Å². The van der Waals surface area contributed by atoms with E-state index in [2.05, 4.69) is 22.0 Å². The van der Waals surface area contributed by atoms with Crippen LogP contribution in [-0.2, 0) is 5.60 Å². The van der Waals surface area contributed by atoms with Gasteiger partial charge in [-0.3, -0.25) is 0 Å². The number of hydrogen-bond donors (Lipinski definition) is 1. The molecule has 0 unspecified atom stereocenters. The van der Waals surface area contributed by atoms with Crippen molar-refractivity contribution in [3.05, 3.63) is 27.7 Å². The Hall–Kier alpha value is -0.540. The van der Waals surface area contributed by atoms with Crippen LogP contribution in [0.5, 0.6) is 5.75 Å². The summed E-state index contributed by atoms with van der Waals surface area (Å²) in [5.41, 5.74) is 1.50. The SMILES string of the molecule is Cc1cc(Br)c(OC2CC2)c(C2(O)CC2)c1. The third-order valence-electron chi connectivity index (χ3n) is 3.22. The van der Waals surface area contributed by atoms with Crippen molar-refractivity contribution in [2.45, 2.75) is 44.3 Å². The van der Waals surface area contributed by atoms with E-state index in [4.69, 9.17) is 4.74 Å². The van der Waals surface area contributed by atoms with Crippen molar-refractivity contribution in [3.63, 3.8) is 0 Å². The second-order valence-electron chi connectivity index (χ2n) is 4.97. The molecule has 2 aliphatic carbocycles. The highest BCUT2D eigenvalue weighted by molar-refractivity contribution is 9.10. The van der Waals surface area contributed by atoms with E-state index in [0.717, 1.165) is 47.0 Å². The minimum atomic E-state index is -0.626. The predicted molar refractivity (Wildman–Crippen MR) is 65.7 cm³/mol. The van der Waals surface area contributed by atoms with E-state index < -0.39 is 5.60 Å². The van der Waals surface area contributed by atoms with Crippen molar-refractivity contribution in [2.24, 2.45) is 0 Å². The molecule has 3 heteroatoms. The Morgan fingerprint density at radius 1 is 1.38 bits per heavy atom. The van der Waals surface area contributed by atoms with Gasteiger partial charge >= 0.3 is 0 Å². The van der Waals surface area contributed by atoms with Crippen LogP contribution in [0.25, 0.3) is 0 Å². The van der Waals surface area contributed by atoms with Gasteiger partial charge < -0.3 is 9.84 Å². The molecule has 1 aromatic rings. The average Bonchev–Trinajstić information content (AvgIpc) is 3.08. The summed E-state index contributed by atoms with van der Waals surface area (Å²) in [5, 5.41) is 10.3. The molecule has 0 aliphatic heterocycles. The third-order valence-corrected chi connectivity index (χ3v) is 3.81. The Bertz CT molecular complexity index is 434. The first-order chi connectivity index (χ1) is 7.58. The van der Waals surface area contributed by atoms with Crippen molar-refractivity contribution >= 4 is 15.9 Å². The van der Waals surface area contributed by atoms with Crippen LogP contribution in [0.3, 0.4) is 0 Å². The van der Waals surface area contributed by atoms with E-state index >= 15 is 0 Å². The molecular weight excluding hydrogens is 268 g/mol. The molecule has 2 saturated carbocycles. The number of hydrogen-bond acceptors (Lipinski definition) is 2. The van der Waals surface area contributed by atoms with Gasteiger partial charge in [0, 0.05) is 5.56 Å². The van der Waals surface area contributed by atoms with E-state index in [1.165, 1.54) is 0 Å². The first-order valence-corrected chi connectivity index (χ1v) is 6.57. The molecule has 86 valence electrons. The molecule has 2 fully saturated rings. The van der Waals surface area contributed by atoms with Crippen LogP contribution < -0.4 is 4.74 Å². The second kappa shape index (κ2) is 3.47. The van der Waals surface area contributed by atoms with Gasteiger partial charge in [-0.25, -0.2) is 0 Å². The lowest BCUT2D eigenvalue weighted by Crippen LogP contribution is -2.10. The van der Waals surface area contributed by atoms with Crippen LogP contribution in [0.4, 0.5) is 0 Å². The van der Waals surface area contributed by atoms with E-state index in [1.54, 1.807) is 0 Å². The maximum Gasteiger partial charge on any atom is 0.139 e. The van der Waals surface area contributed by atoms with Gasteiger partial charge in [0.15, 0.2) is 0 Å². The number of ether oxygens (including phenoxy) is 1. The zero-order chi connectivity index (χ0) is 11.3. The summed E-state index contributed by atoms with van der Waals surface area (Å²) >= 11 is 3.54. The molecule has 0 amide bonds. The Balaban J connectivity index is 2.04. The van der Waals surface area contributed by atoms with Crippen LogP contribution in [0.1, 0.15) is 36.8 Å². The standard InChI is InChI=1S/C13H15BrO2/c1-8-6-10(13(15)4-5-13)12(11(14)7-8)16-9-2-3-9/h6-7,9,15H,2-5H2,1H3. The van der Waals surface area contributed by atoms with Crippen molar-refractivity contribution in [1.29, 1.82) is 0 Å². The van der Waals surface area contributed by atoms with Crippen molar-refractivity contribution in [2.75, 3.05) is 0 Å². The summed E-state index contributed by atoms with van der Waals surface area (Å²) in [4.78, 5) is 0. The molecule has 0 spiro atoms. The van der Waals surface area contributed by atoms with Crippen LogP contribution in [0.15, 0.2) is 16.6 Å². The molecule has 1 N–H and O–H groups in total. The largest absolute Gasteiger partial charge is 0.489 e. The van der Waals surface area contributed by atoms with Crippen molar-refractivity contribution < 1.29 is 9.84 Å². The monoisotopic (exact) mass is 282 g/mol. The molecule has 0 atom stereocenters. The molecular formula is C13H15BrO2. The Morgan fingerprint density at radius 2 is 2.06 bits per heavy atom. The smallest absolute Gasteiger partial charge is 0.139 e. The summed E-state index contributed by atoms with van der Waals surface area (Å²) in [5.74, 6) is 0.855. The molecule has 2 aliphatic rings. The van der Waals surface area contributed by atoms with Gasteiger partial charge in [0.1, 0.15) is 5.75 Å². The van der Waals surface area contributed by atoms with E-state index in [-0.39, 0.29) is 0 Å². The van der Waals surface area contributed by atoms with Gasteiger partial charge in [-0.2, -0.15) is 0 Å². The fourth-order valence-corrected chi connectivity index (χ4v) is 2.60. The fourth-order valence-electron chi connectivity index (χ4n) is 1.93. The third kappa shape index (κ3) is 1.87. The Morgan fingerprint density at radius 3 is 2.62 bits per heavy atom. The minimum absolute atomic E-state index is 0.361. The summed E-state index contributed by atoms with van der Waals surface area (Å²) in [6.45, 7) is 2.04. The average molecular weight is 283 g/mol. The van der Waals surface area contributed by atoms with E-state index in [9.17, 15) is 5.11 Å². The molecule has 0 saturated heterocycles. The first kappa shape index (κ1) is 10.6. The molecule has 0 heterocycles. The van der Waals surface area contributed by atoms with Crippen LogP contribution >= 0.6 is 15.9 Å². The molecule has 0 radical (unpaired) electrons. The topological polar surface area (TPSA) is 29.5 Å². The van der Waals surface area contributed by atoms with Crippen molar-refractivity contribution in [1.82, 2.24) is 0 Å². The maximum atomic E-state index is 10.3. The fraction of sp³-hybridized carbons (Fsp3) is 0.538. The lowest BCUT2D eigenvalue weighted by atomic mass is 10.0. The highest BCUT2D eigenvalue weighted by Gasteiger charge is 2.45. The highest BCUT2D eigenvalue weighted by atomic mass is 79.9. The molecule has 0 bridgehead atoms. The quantitative estimate of drug-likeness (QED) is 0.922.